The third-order valence-corrected chi connectivity index (χ3v) is 1.27. The molecule has 1 aromatic rings. The molecule has 0 saturated heterocycles. The number of nitroso groups, excluding NO2 is 1. The summed E-state index contributed by atoms with van der Waals surface area (Å²) in [6.45, 7) is 0. The van der Waals surface area contributed by atoms with Gasteiger partial charge in [-0.3, -0.25) is 0 Å². The van der Waals surface area contributed by atoms with Crippen LogP contribution in [0.2, 0.25) is 0 Å². The van der Waals surface area contributed by atoms with Crippen molar-refractivity contribution in [2.45, 2.75) is 0 Å². The second kappa shape index (κ2) is 2.92. The zero-order chi connectivity index (χ0) is 8.27. The molecule has 11 heavy (non-hydrogen) atoms. The van der Waals surface area contributed by atoms with Gasteiger partial charge in [0.15, 0.2) is 0 Å². The highest BCUT2D eigenvalue weighted by Gasteiger charge is 1.98. The molecule has 56 valence electrons. The Morgan fingerprint density at radius 1 is 1.55 bits per heavy atom. The number of hydrogen-bond acceptors (Lipinski definition) is 4. The predicted octanol–water partition coefficient (Wildman–Crippen LogP) is 1.79. The predicted molar refractivity (Wildman–Crippen MR) is 41.4 cm³/mol. The van der Waals surface area contributed by atoms with Gasteiger partial charge in [-0.2, -0.15) is 0 Å². The van der Waals surface area contributed by atoms with Gasteiger partial charge in [0.25, 0.3) is 0 Å². The van der Waals surface area contributed by atoms with Crippen LogP contribution in [0, 0.1) is 10.3 Å². The number of phenolic OH excluding ortho intramolecular Hbond substituents is 1. The van der Waals surface area contributed by atoms with E-state index in [4.69, 9.17) is 10.5 Å². The van der Waals surface area contributed by atoms with Crippen LogP contribution in [0.25, 0.3) is 0 Å². The van der Waals surface area contributed by atoms with E-state index in [2.05, 4.69) is 5.18 Å². The monoisotopic (exact) mass is 150 g/mol. The van der Waals surface area contributed by atoms with E-state index in [9.17, 15) is 4.91 Å². The summed E-state index contributed by atoms with van der Waals surface area (Å²) in [6, 6.07) is 4.06. The topological polar surface area (TPSA) is 73.5 Å². The average Bonchev–Trinajstić information content (AvgIpc) is 2.05. The van der Waals surface area contributed by atoms with E-state index in [0.717, 1.165) is 6.21 Å². The van der Waals surface area contributed by atoms with Crippen molar-refractivity contribution in [3.8, 4) is 5.75 Å². The highest BCUT2D eigenvalue weighted by Crippen LogP contribution is 2.20. The third kappa shape index (κ3) is 1.40. The Kier molecular flexibility index (Phi) is 1.96. The van der Waals surface area contributed by atoms with Gasteiger partial charge in [-0.15, -0.1) is 4.91 Å². The van der Waals surface area contributed by atoms with Gasteiger partial charge in [-0.1, -0.05) is 0 Å². The molecule has 0 aliphatic rings. The third-order valence-electron chi connectivity index (χ3n) is 1.27. The lowest BCUT2D eigenvalue weighted by Gasteiger charge is -1.96. The van der Waals surface area contributed by atoms with Crippen molar-refractivity contribution in [3.63, 3.8) is 0 Å². The van der Waals surface area contributed by atoms with Gasteiger partial charge in [0, 0.05) is 11.8 Å². The van der Waals surface area contributed by atoms with E-state index in [1.165, 1.54) is 18.2 Å². The van der Waals surface area contributed by atoms with Gasteiger partial charge in [0.05, 0.1) is 0 Å². The van der Waals surface area contributed by atoms with E-state index in [-0.39, 0.29) is 11.4 Å². The molecule has 0 amide bonds. The van der Waals surface area contributed by atoms with Crippen molar-refractivity contribution in [3.05, 3.63) is 28.7 Å². The molecule has 0 fully saturated rings. The number of benzene rings is 1. The molecule has 0 bridgehead atoms. The zero-order valence-corrected chi connectivity index (χ0v) is 5.61. The molecule has 1 aromatic carbocycles. The second-order valence-corrected chi connectivity index (χ2v) is 1.98. The van der Waals surface area contributed by atoms with Gasteiger partial charge >= 0.3 is 0 Å². The summed E-state index contributed by atoms with van der Waals surface area (Å²) in [5.41, 5.74) is 0.503. The van der Waals surface area contributed by atoms with Crippen molar-refractivity contribution in [1.29, 1.82) is 5.41 Å². The molecule has 0 radical (unpaired) electrons. The minimum absolute atomic E-state index is 0.0209. The zero-order valence-electron chi connectivity index (χ0n) is 5.61. The lowest BCUT2D eigenvalue weighted by atomic mass is 10.2. The summed E-state index contributed by atoms with van der Waals surface area (Å²) < 4.78 is 0. The molecule has 4 heteroatoms. The van der Waals surface area contributed by atoms with Crippen LogP contribution < -0.4 is 0 Å². The van der Waals surface area contributed by atoms with Crippen molar-refractivity contribution < 1.29 is 5.11 Å². The van der Waals surface area contributed by atoms with Crippen LogP contribution in [0.3, 0.4) is 0 Å². The first-order valence-electron chi connectivity index (χ1n) is 2.95. The van der Waals surface area contributed by atoms with E-state index >= 15 is 0 Å². The number of nitrogens with one attached hydrogen (secondary N) is 1. The van der Waals surface area contributed by atoms with E-state index in [0.29, 0.717) is 5.56 Å². The van der Waals surface area contributed by atoms with Gasteiger partial charge in [-0.25, -0.2) is 0 Å². The van der Waals surface area contributed by atoms with Crippen LogP contribution >= 0.6 is 0 Å². The summed E-state index contributed by atoms with van der Waals surface area (Å²) >= 11 is 0. The molecule has 0 aromatic heterocycles. The number of hydrogen-bond donors (Lipinski definition) is 2. The lowest BCUT2D eigenvalue weighted by molar-refractivity contribution is 0.474. The summed E-state index contributed by atoms with van der Waals surface area (Å²) in [5, 5.41) is 18.5. The molecule has 2 N–H and O–H groups in total. The van der Waals surface area contributed by atoms with Crippen LogP contribution in [0.5, 0.6) is 5.75 Å². The summed E-state index contributed by atoms with van der Waals surface area (Å²) in [6.07, 6.45) is 0.962. The molecular weight excluding hydrogens is 144 g/mol. The smallest absolute Gasteiger partial charge is 0.124 e. The van der Waals surface area contributed by atoms with Gasteiger partial charge < -0.3 is 10.5 Å². The van der Waals surface area contributed by atoms with Gasteiger partial charge in [0.2, 0.25) is 0 Å². The van der Waals surface area contributed by atoms with Crippen LogP contribution in [-0.2, 0) is 0 Å². The van der Waals surface area contributed by atoms with Gasteiger partial charge in [-0.05, 0) is 23.4 Å². The first kappa shape index (κ1) is 7.40. The molecule has 0 aliphatic heterocycles. The summed E-state index contributed by atoms with van der Waals surface area (Å²) in [7, 11) is 0. The molecule has 0 unspecified atom stereocenters. The highest BCUT2D eigenvalue weighted by atomic mass is 16.3. The van der Waals surface area contributed by atoms with Crippen molar-refractivity contribution in [2.75, 3.05) is 0 Å². The molecular formula is C7H6N2O2. The molecule has 0 heterocycles. The number of phenols is 1. The van der Waals surface area contributed by atoms with E-state index < -0.39 is 0 Å². The molecule has 0 saturated carbocycles. The SMILES string of the molecule is N=Cc1cc(N=O)ccc1O. The first-order chi connectivity index (χ1) is 5.27. The quantitative estimate of drug-likeness (QED) is 0.498. The number of rotatable bonds is 2. The Hall–Kier alpha value is -1.71. The van der Waals surface area contributed by atoms with E-state index in [1.807, 2.05) is 0 Å². The minimum atomic E-state index is -0.0209. The van der Waals surface area contributed by atoms with Crippen molar-refractivity contribution in [1.82, 2.24) is 0 Å². The Bertz CT molecular complexity index is 296. The largest absolute Gasteiger partial charge is 0.507 e. The highest BCUT2D eigenvalue weighted by molar-refractivity contribution is 5.82. The molecule has 0 atom stereocenters. The fraction of sp³-hybridized carbons (Fsp3) is 0. The van der Waals surface area contributed by atoms with Crippen LogP contribution in [0.4, 0.5) is 5.69 Å². The van der Waals surface area contributed by atoms with Crippen molar-refractivity contribution >= 4 is 11.9 Å². The maximum atomic E-state index is 9.98. The standard InChI is InChI=1S/C7H6N2O2/c8-4-5-3-6(9-11)1-2-7(5)10/h1-4,8,10H. The molecule has 4 nitrogen and oxygen atoms in total. The summed E-state index contributed by atoms with van der Waals surface area (Å²) in [5.74, 6) is -0.0209. The fourth-order valence-corrected chi connectivity index (χ4v) is 0.714. The number of nitrogens with zero attached hydrogens (tertiary/aromatic N) is 1. The molecule has 0 spiro atoms. The Morgan fingerprint density at radius 3 is 2.82 bits per heavy atom. The van der Waals surface area contributed by atoms with E-state index in [1.54, 1.807) is 0 Å². The van der Waals surface area contributed by atoms with Crippen molar-refractivity contribution in [2.24, 2.45) is 5.18 Å². The lowest BCUT2D eigenvalue weighted by Crippen LogP contribution is -1.79. The maximum Gasteiger partial charge on any atom is 0.124 e. The fourth-order valence-electron chi connectivity index (χ4n) is 0.714. The Morgan fingerprint density at radius 2 is 2.27 bits per heavy atom. The normalized spacial score (nSPS) is 9.09. The van der Waals surface area contributed by atoms with Crippen LogP contribution in [0.15, 0.2) is 23.4 Å². The first-order valence-corrected chi connectivity index (χ1v) is 2.95. The summed E-state index contributed by atoms with van der Waals surface area (Å²) in [4.78, 5) is 9.98. The minimum Gasteiger partial charge on any atom is -0.507 e. The molecule has 1 rings (SSSR count). The van der Waals surface area contributed by atoms with Crippen LogP contribution in [-0.4, -0.2) is 11.3 Å². The Balaban J connectivity index is 3.22. The number of aromatic hydroxyl groups is 1. The Labute approximate surface area is 63.0 Å². The second-order valence-electron chi connectivity index (χ2n) is 1.98. The average molecular weight is 150 g/mol. The molecule has 0 aliphatic carbocycles. The maximum absolute atomic E-state index is 9.98. The van der Waals surface area contributed by atoms with Crippen LogP contribution in [0.1, 0.15) is 5.56 Å². The van der Waals surface area contributed by atoms with Gasteiger partial charge in [0.1, 0.15) is 11.4 Å².